The number of benzene rings is 1. The van der Waals surface area contributed by atoms with Gasteiger partial charge in [0.1, 0.15) is 11.9 Å². The Bertz CT molecular complexity index is 697. The number of aliphatic hydroxyl groups excluding tert-OH is 2. The zero-order valence-electron chi connectivity index (χ0n) is 15.3. The normalized spacial score (nSPS) is 29.5. The lowest BCUT2D eigenvalue weighted by Crippen LogP contribution is -2.19. The van der Waals surface area contributed by atoms with Gasteiger partial charge in [-0.2, -0.15) is 0 Å². The Morgan fingerprint density at radius 2 is 2.20 bits per heavy atom. The average molecular weight is 340 g/mol. The van der Waals surface area contributed by atoms with Gasteiger partial charge in [0, 0.05) is 30.2 Å². The van der Waals surface area contributed by atoms with Gasteiger partial charge in [0.25, 0.3) is 0 Å². The number of aryl methyl sites for hydroxylation is 1. The second-order valence-corrected chi connectivity index (χ2v) is 7.24. The lowest BCUT2D eigenvalue weighted by molar-refractivity contribution is 0.134. The number of fused-ring (bicyclic) bond motifs is 3. The van der Waals surface area contributed by atoms with E-state index in [0.717, 1.165) is 12.2 Å². The molecule has 3 nitrogen and oxygen atoms in total. The van der Waals surface area contributed by atoms with Gasteiger partial charge in [0.15, 0.2) is 0 Å². The van der Waals surface area contributed by atoms with E-state index >= 15 is 0 Å². The smallest absolute Gasteiger partial charge is 0.126 e. The molecule has 1 aliphatic heterocycles. The van der Waals surface area contributed by atoms with Crippen LogP contribution in [0.1, 0.15) is 50.7 Å². The third-order valence-electron chi connectivity index (χ3n) is 5.58. The molecular weight excluding hydrogens is 312 g/mol. The second-order valence-electron chi connectivity index (χ2n) is 7.24. The van der Waals surface area contributed by atoms with Crippen LogP contribution in [-0.4, -0.2) is 28.5 Å². The van der Waals surface area contributed by atoms with E-state index in [9.17, 15) is 10.2 Å². The Labute approximate surface area is 150 Å². The molecule has 6 atom stereocenters. The van der Waals surface area contributed by atoms with Crippen molar-refractivity contribution >= 4 is 0 Å². The number of para-hydroxylation sites is 1. The van der Waals surface area contributed by atoms with Gasteiger partial charge >= 0.3 is 0 Å². The highest BCUT2D eigenvalue weighted by atomic mass is 16.5. The summed E-state index contributed by atoms with van der Waals surface area (Å²) >= 11 is 0. The molecule has 1 aromatic carbocycles. The monoisotopic (exact) mass is 340 g/mol. The first-order chi connectivity index (χ1) is 12.1. The fraction of sp³-hybridized carbons (Fsp3) is 0.545. The first-order valence-corrected chi connectivity index (χ1v) is 9.29. The van der Waals surface area contributed by atoms with Gasteiger partial charge in [-0.25, -0.2) is 0 Å². The van der Waals surface area contributed by atoms with Crippen LogP contribution in [0.2, 0.25) is 0 Å². The summed E-state index contributed by atoms with van der Waals surface area (Å²) < 4.78 is 6.19. The Hall–Kier alpha value is -1.76. The summed E-state index contributed by atoms with van der Waals surface area (Å²) in [5.74, 6) is 7.13. The quantitative estimate of drug-likeness (QED) is 0.638. The van der Waals surface area contributed by atoms with Crippen molar-refractivity contribution < 1.29 is 14.9 Å². The molecule has 1 heterocycles. The fourth-order valence-corrected chi connectivity index (χ4v) is 4.06. The van der Waals surface area contributed by atoms with Gasteiger partial charge < -0.3 is 14.9 Å². The maximum atomic E-state index is 10.5. The molecule has 3 rings (SSSR count). The molecular formula is C22H28O3. The van der Waals surface area contributed by atoms with Crippen molar-refractivity contribution in [3.05, 3.63) is 41.5 Å². The molecule has 0 unspecified atom stereocenters. The third-order valence-corrected chi connectivity index (χ3v) is 5.58. The van der Waals surface area contributed by atoms with Gasteiger partial charge in [0.05, 0.1) is 12.2 Å². The van der Waals surface area contributed by atoms with Crippen LogP contribution in [0.4, 0.5) is 0 Å². The summed E-state index contributed by atoms with van der Waals surface area (Å²) in [5, 5.41) is 20.8. The summed E-state index contributed by atoms with van der Waals surface area (Å²) in [7, 11) is 0. The van der Waals surface area contributed by atoms with Crippen LogP contribution in [0.15, 0.2) is 30.4 Å². The first-order valence-electron chi connectivity index (χ1n) is 9.29. The highest BCUT2D eigenvalue weighted by molar-refractivity contribution is 5.49. The van der Waals surface area contributed by atoms with Gasteiger partial charge in [0.2, 0.25) is 0 Å². The number of aliphatic hydroxyl groups is 2. The fourth-order valence-electron chi connectivity index (χ4n) is 4.06. The summed E-state index contributed by atoms with van der Waals surface area (Å²) in [6.07, 6.45) is 5.15. The van der Waals surface area contributed by atoms with E-state index in [0.29, 0.717) is 12.8 Å². The molecule has 0 aromatic heterocycles. The van der Waals surface area contributed by atoms with Crippen LogP contribution < -0.4 is 4.74 Å². The Balaban J connectivity index is 1.79. The highest BCUT2D eigenvalue weighted by Gasteiger charge is 2.48. The predicted octanol–water partition coefficient (Wildman–Crippen LogP) is 3.44. The van der Waals surface area contributed by atoms with Crippen LogP contribution >= 0.6 is 0 Å². The van der Waals surface area contributed by atoms with E-state index in [-0.39, 0.29) is 23.9 Å². The van der Waals surface area contributed by atoms with Crippen molar-refractivity contribution in [2.45, 2.75) is 64.3 Å². The molecule has 0 bridgehead atoms. The van der Waals surface area contributed by atoms with Crippen LogP contribution in [-0.2, 0) is 6.42 Å². The van der Waals surface area contributed by atoms with Gasteiger partial charge in [-0.1, -0.05) is 44.2 Å². The number of rotatable bonds is 5. The van der Waals surface area contributed by atoms with Gasteiger partial charge in [-0.15, -0.1) is 11.8 Å². The van der Waals surface area contributed by atoms with Crippen molar-refractivity contribution in [3.63, 3.8) is 0 Å². The number of hydrogen-bond acceptors (Lipinski definition) is 3. The van der Waals surface area contributed by atoms with Crippen molar-refractivity contribution in [2.24, 2.45) is 11.8 Å². The maximum absolute atomic E-state index is 10.5. The molecule has 0 amide bonds. The highest BCUT2D eigenvalue weighted by Crippen LogP contribution is 2.51. The molecule has 0 saturated heterocycles. The molecule has 2 N–H and O–H groups in total. The van der Waals surface area contributed by atoms with E-state index in [2.05, 4.69) is 37.0 Å². The molecule has 1 fully saturated rings. The number of hydrogen-bond donors (Lipinski definition) is 2. The molecule has 3 heteroatoms. The van der Waals surface area contributed by atoms with Crippen molar-refractivity contribution in [1.82, 2.24) is 0 Å². The molecule has 134 valence electrons. The maximum Gasteiger partial charge on any atom is 0.126 e. The molecule has 0 radical (unpaired) electrons. The van der Waals surface area contributed by atoms with Gasteiger partial charge in [-0.05, 0) is 24.8 Å². The van der Waals surface area contributed by atoms with E-state index < -0.39 is 12.2 Å². The molecule has 25 heavy (non-hydrogen) atoms. The minimum Gasteiger partial charge on any atom is -0.489 e. The minimum atomic E-state index is -0.545. The molecule has 1 saturated carbocycles. The molecule has 2 aliphatic rings. The summed E-state index contributed by atoms with van der Waals surface area (Å²) in [4.78, 5) is 0. The number of ether oxygens (including phenoxy) is 1. The SMILES string of the molecule is CC#CC[C@@H](C)[C@H](O)C=C[C@H]1[C@@H]2c3cccc(CC)c3O[C@@H]2C[C@@H]1O. The Kier molecular flexibility index (Phi) is 5.51. The van der Waals surface area contributed by atoms with E-state index in [1.807, 2.05) is 26.0 Å². The zero-order valence-corrected chi connectivity index (χ0v) is 15.3. The van der Waals surface area contributed by atoms with E-state index in [1.165, 1.54) is 11.1 Å². The minimum absolute atomic E-state index is 0.0162. The standard InChI is InChI=1S/C22H28O3/c1-4-6-8-14(3)18(23)12-11-16-19(24)13-20-21(16)17-10-7-9-15(5-2)22(17)25-20/h7,9-12,14,16,18-21,23-24H,5,8,13H2,1-3H3/t14-,16-,18-,19+,20-,21-/m1/s1. The zero-order chi connectivity index (χ0) is 18.0. The largest absolute Gasteiger partial charge is 0.489 e. The Morgan fingerprint density at radius 3 is 2.92 bits per heavy atom. The molecule has 0 spiro atoms. The third kappa shape index (κ3) is 3.47. The first kappa shape index (κ1) is 18.0. The van der Waals surface area contributed by atoms with Crippen molar-refractivity contribution in [2.75, 3.05) is 0 Å². The van der Waals surface area contributed by atoms with Crippen LogP contribution in [0, 0.1) is 23.7 Å². The second kappa shape index (κ2) is 7.64. The van der Waals surface area contributed by atoms with Gasteiger partial charge in [-0.3, -0.25) is 0 Å². The van der Waals surface area contributed by atoms with Crippen LogP contribution in [0.25, 0.3) is 0 Å². The molecule has 1 aromatic rings. The summed E-state index contributed by atoms with van der Waals surface area (Å²) in [5.41, 5.74) is 2.44. The lowest BCUT2D eigenvalue weighted by atomic mass is 9.86. The summed E-state index contributed by atoms with van der Waals surface area (Å²) in [6.45, 7) is 5.94. The lowest BCUT2D eigenvalue weighted by Gasteiger charge is -2.19. The Morgan fingerprint density at radius 1 is 1.40 bits per heavy atom. The van der Waals surface area contributed by atoms with Crippen molar-refractivity contribution in [1.29, 1.82) is 0 Å². The molecule has 1 aliphatic carbocycles. The van der Waals surface area contributed by atoms with E-state index in [4.69, 9.17) is 4.74 Å². The summed E-state index contributed by atoms with van der Waals surface area (Å²) in [6, 6.07) is 6.31. The van der Waals surface area contributed by atoms with Crippen LogP contribution in [0.3, 0.4) is 0 Å². The van der Waals surface area contributed by atoms with E-state index in [1.54, 1.807) is 0 Å². The van der Waals surface area contributed by atoms with Crippen LogP contribution in [0.5, 0.6) is 5.75 Å². The topological polar surface area (TPSA) is 49.7 Å². The predicted molar refractivity (Wildman–Crippen MR) is 99.5 cm³/mol. The average Bonchev–Trinajstić information content (AvgIpc) is 3.12. The van der Waals surface area contributed by atoms with Crippen molar-refractivity contribution in [3.8, 4) is 17.6 Å².